The van der Waals surface area contributed by atoms with Crippen molar-refractivity contribution in [2.75, 3.05) is 11.9 Å². The van der Waals surface area contributed by atoms with Crippen LogP contribution in [0.3, 0.4) is 0 Å². The van der Waals surface area contributed by atoms with Gasteiger partial charge in [0.2, 0.25) is 0 Å². The van der Waals surface area contributed by atoms with Gasteiger partial charge in [-0.1, -0.05) is 35.8 Å². The zero-order chi connectivity index (χ0) is 10.2. The minimum absolute atomic E-state index is 0.408. The van der Waals surface area contributed by atoms with Gasteiger partial charge in [0.05, 0.1) is 0 Å². The molecule has 0 saturated carbocycles. The third-order valence-electron chi connectivity index (χ3n) is 2.90. The van der Waals surface area contributed by atoms with Crippen molar-refractivity contribution in [3.8, 4) is 0 Å². The molecule has 1 nitrogen and oxygen atoms in total. The summed E-state index contributed by atoms with van der Waals surface area (Å²) in [6.45, 7) is 5.71. The second-order valence-corrected chi connectivity index (χ2v) is 5.73. The number of rotatable bonds is 0. The predicted octanol–water partition coefficient (Wildman–Crippen LogP) is 3.83. The van der Waals surface area contributed by atoms with Crippen molar-refractivity contribution in [2.45, 2.75) is 26.7 Å². The van der Waals surface area contributed by atoms with E-state index in [1.807, 2.05) is 0 Å². The van der Waals surface area contributed by atoms with Crippen molar-refractivity contribution in [3.63, 3.8) is 0 Å². The number of nitrogens with one attached hydrogen (secondary N) is 1. The Balaban J connectivity index is 2.30. The van der Waals surface area contributed by atoms with Crippen LogP contribution in [0.5, 0.6) is 0 Å². The van der Waals surface area contributed by atoms with E-state index in [2.05, 4.69) is 53.3 Å². The molecule has 0 saturated heterocycles. The lowest BCUT2D eigenvalue weighted by Gasteiger charge is -2.21. The van der Waals surface area contributed by atoms with E-state index in [1.165, 1.54) is 24.1 Å². The zero-order valence-corrected chi connectivity index (χ0v) is 10.3. The highest BCUT2D eigenvalue weighted by atomic mass is 79.9. The summed E-state index contributed by atoms with van der Waals surface area (Å²) in [5.74, 6) is 0. The maximum Gasteiger partial charge on any atom is 0.0384 e. The van der Waals surface area contributed by atoms with Crippen LogP contribution in [-0.2, 0) is 6.42 Å². The second kappa shape index (κ2) is 3.58. The summed E-state index contributed by atoms with van der Waals surface area (Å²) in [6, 6.07) is 6.52. The van der Waals surface area contributed by atoms with Crippen LogP contribution in [0.2, 0.25) is 0 Å². The van der Waals surface area contributed by atoms with Crippen LogP contribution in [0.25, 0.3) is 0 Å². The fourth-order valence-electron chi connectivity index (χ4n) is 1.83. The Kier molecular flexibility index (Phi) is 2.56. The van der Waals surface area contributed by atoms with E-state index >= 15 is 0 Å². The van der Waals surface area contributed by atoms with Crippen molar-refractivity contribution in [2.24, 2.45) is 5.41 Å². The normalized spacial score (nSPS) is 19.4. The Morgan fingerprint density at radius 2 is 2.14 bits per heavy atom. The van der Waals surface area contributed by atoms with E-state index in [0.29, 0.717) is 5.41 Å². The summed E-state index contributed by atoms with van der Waals surface area (Å²) < 4.78 is 1.16. The minimum atomic E-state index is 0.408. The molecule has 1 heterocycles. The first-order valence-corrected chi connectivity index (χ1v) is 5.88. The van der Waals surface area contributed by atoms with E-state index in [-0.39, 0.29) is 0 Å². The molecule has 0 radical (unpaired) electrons. The molecule has 14 heavy (non-hydrogen) atoms. The van der Waals surface area contributed by atoms with Gasteiger partial charge < -0.3 is 5.32 Å². The van der Waals surface area contributed by atoms with Gasteiger partial charge in [-0.15, -0.1) is 0 Å². The number of benzene rings is 1. The summed E-state index contributed by atoms with van der Waals surface area (Å²) in [6.07, 6.45) is 2.44. The van der Waals surface area contributed by atoms with Crippen molar-refractivity contribution in [3.05, 3.63) is 28.2 Å². The van der Waals surface area contributed by atoms with Crippen molar-refractivity contribution in [1.82, 2.24) is 0 Å². The minimum Gasteiger partial charge on any atom is -0.384 e. The summed E-state index contributed by atoms with van der Waals surface area (Å²) in [4.78, 5) is 0. The zero-order valence-electron chi connectivity index (χ0n) is 8.73. The summed E-state index contributed by atoms with van der Waals surface area (Å²) in [5.41, 5.74) is 3.15. The highest BCUT2D eigenvalue weighted by Gasteiger charge is 2.21. The SMILES string of the molecule is CC1(C)CCc2ccc(Br)cc2NC1. The van der Waals surface area contributed by atoms with Crippen LogP contribution in [0.1, 0.15) is 25.8 Å². The third-order valence-corrected chi connectivity index (χ3v) is 3.39. The Morgan fingerprint density at radius 3 is 2.93 bits per heavy atom. The molecule has 1 aliphatic heterocycles. The number of hydrogen-bond donors (Lipinski definition) is 1. The van der Waals surface area contributed by atoms with Gasteiger partial charge in [-0.2, -0.15) is 0 Å². The standard InChI is InChI=1S/C12H16BrN/c1-12(2)6-5-9-3-4-10(13)7-11(9)14-8-12/h3-4,7,14H,5-6,8H2,1-2H3. The summed E-state index contributed by atoms with van der Waals surface area (Å²) in [7, 11) is 0. The largest absolute Gasteiger partial charge is 0.384 e. The van der Waals surface area contributed by atoms with Crippen LogP contribution >= 0.6 is 15.9 Å². The number of fused-ring (bicyclic) bond motifs is 1. The molecule has 0 aliphatic carbocycles. The van der Waals surface area contributed by atoms with E-state index in [4.69, 9.17) is 0 Å². The van der Waals surface area contributed by atoms with Gasteiger partial charge in [-0.25, -0.2) is 0 Å². The van der Waals surface area contributed by atoms with Crippen molar-refractivity contribution >= 4 is 21.6 Å². The van der Waals surface area contributed by atoms with Gasteiger partial charge >= 0.3 is 0 Å². The third kappa shape index (κ3) is 2.11. The molecule has 1 N–H and O–H groups in total. The maximum absolute atomic E-state index is 3.53. The average Bonchev–Trinajstić information content (AvgIpc) is 2.26. The fourth-order valence-corrected chi connectivity index (χ4v) is 2.19. The molecule has 1 aromatic carbocycles. The van der Waals surface area contributed by atoms with Crippen LogP contribution in [0, 0.1) is 5.41 Å². The lowest BCUT2D eigenvalue weighted by molar-refractivity contribution is 0.365. The first-order valence-electron chi connectivity index (χ1n) is 5.09. The van der Waals surface area contributed by atoms with Gasteiger partial charge in [0.25, 0.3) is 0 Å². The average molecular weight is 254 g/mol. The molecule has 0 unspecified atom stereocenters. The molecule has 76 valence electrons. The molecular weight excluding hydrogens is 238 g/mol. The predicted molar refractivity (Wildman–Crippen MR) is 64.7 cm³/mol. The lowest BCUT2D eigenvalue weighted by atomic mass is 9.88. The Hall–Kier alpha value is -0.500. The van der Waals surface area contributed by atoms with Gasteiger partial charge in [-0.3, -0.25) is 0 Å². The van der Waals surface area contributed by atoms with Crippen molar-refractivity contribution < 1.29 is 0 Å². The Morgan fingerprint density at radius 1 is 1.36 bits per heavy atom. The molecule has 0 bridgehead atoms. The Bertz CT molecular complexity index is 344. The topological polar surface area (TPSA) is 12.0 Å². The number of anilines is 1. The van der Waals surface area contributed by atoms with E-state index in [1.54, 1.807) is 0 Å². The molecule has 0 fully saturated rings. The molecular formula is C12H16BrN. The summed E-state index contributed by atoms with van der Waals surface area (Å²) in [5, 5.41) is 3.53. The number of aryl methyl sites for hydroxylation is 1. The van der Waals surface area contributed by atoms with Crippen LogP contribution in [0.4, 0.5) is 5.69 Å². The fraction of sp³-hybridized carbons (Fsp3) is 0.500. The molecule has 0 aromatic heterocycles. The van der Waals surface area contributed by atoms with Gasteiger partial charge in [0.1, 0.15) is 0 Å². The van der Waals surface area contributed by atoms with Crippen LogP contribution in [0.15, 0.2) is 22.7 Å². The first kappa shape index (κ1) is 10.0. The molecule has 2 rings (SSSR count). The quantitative estimate of drug-likeness (QED) is 0.741. The molecule has 2 heteroatoms. The van der Waals surface area contributed by atoms with Gasteiger partial charge in [0.15, 0.2) is 0 Å². The van der Waals surface area contributed by atoms with Gasteiger partial charge in [-0.05, 0) is 36.0 Å². The maximum atomic E-state index is 3.53. The monoisotopic (exact) mass is 253 g/mol. The van der Waals surface area contributed by atoms with Gasteiger partial charge in [0, 0.05) is 16.7 Å². The molecule has 0 spiro atoms. The summed E-state index contributed by atoms with van der Waals surface area (Å²) >= 11 is 3.50. The highest BCUT2D eigenvalue weighted by Crippen LogP contribution is 2.31. The van der Waals surface area contributed by atoms with Crippen LogP contribution in [-0.4, -0.2) is 6.54 Å². The molecule has 0 amide bonds. The Labute approximate surface area is 94.0 Å². The smallest absolute Gasteiger partial charge is 0.0384 e. The number of halogens is 1. The van der Waals surface area contributed by atoms with E-state index < -0.39 is 0 Å². The van der Waals surface area contributed by atoms with Crippen LogP contribution < -0.4 is 5.32 Å². The van der Waals surface area contributed by atoms with E-state index in [9.17, 15) is 0 Å². The highest BCUT2D eigenvalue weighted by molar-refractivity contribution is 9.10. The lowest BCUT2D eigenvalue weighted by Crippen LogP contribution is -2.21. The van der Waals surface area contributed by atoms with E-state index in [0.717, 1.165) is 11.0 Å². The second-order valence-electron chi connectivity index (χ2n) is 4.82. The van der Waals surface area contributed by atoms with Crippen molar-refractivity contribution in [1.29, 1.82) is 0 Å². The number of hydrogen-bond acceptors (Lipinski definition) is 1. The molecule has 1 aliphatic rings. The molecule has 0 atom stereocenters. The molecule has 1 aromatic rings. The first-order chi connectivity index (χ1) is 6.57.